The largest absolute Gasteiger partial charge is 0.465 e. The number of likely N-dealkylation sites (tertiary alicyclic amines) is 1. The number of amides is 1. The normalized spacial score (nSPS) is 43.4. The lowest BCUT2D eigenvalue weighted by molar-refractivity contribution is -0.251. The van der Waals surface area contributed by atoms with Gasteiger partial charge < -0.3 is 19.7 Å². The Hall–Kier alpha value is -1.89. The Morgan fingerprint density at radius 2 is 1.47 bits per heavy atom. The maximum Gasteiger partial charge on any atom is 0.309 e. The molecule has 0 unspecified atom stereocenters. The molecule has 7 heteroatoms. The molecular weight excluding hydrogens is 709 g/mol. The number of fused-ring (bicyclic) bond motifs is 7. The van der Waals surface area contributed by atoms with Gasteiger partial charge in [0.15, 0.2) is 0 Å². The molecule has 57 heavy (non-hydrogen) atoms. The molecule has 7 nitrogen and oxygen atoms in total. The van der Waals surface area contributed by atoms with Crippen molar-refractivity contribution in [3.05, 3.63) is 12.2 Å². The van der Waals surface area contributed by atoms with Gasteiger partial charge in [-0.3, -0.25) is 14.4 Å². The Bertz CT molecular complexity index is 1580. The van der Waals surface area contributed by atoms with E-state index in [1.54, 1.807) is 0 Å². The van der Waals surface area contributed by atoms with Crippen LogP contribution < -0.4 is 5.32 Å². The first-order chi connectivity index (χ1) is 26.6. The summed E-state index contributed by atoms with van der Waals surface area (Å²) in [5.41, 5.74) is 0.597. The lowest BCUT2D eigenvalue weighted by Gasteiger charge is -2.73. The number of unbranched alkanes of at least 4 members (excludes halogenated alkanes) is 1. The number of carbonyl (C=O) groups excluding carboxylic acids is 3. The van der Waals surface area contributed by atoms with Crippen molar-refractivity contribution < 1.29 is 23.9 Å². The fourth-order valence-corrected chi connectivity index (χ4v) is 16.1. The van der Waals surface area contributed by atoms with Gasteiger partial charge in [-0.05, 0) is 175 Å². The zero-order valence-electron chi connectivity index (χ0n) is 38.2. The molecule has 12 atom stereocenters. The Morgan fingerprint density at radius 3 is 2.12 bits per heavy atom. The molecule has 1 saturated heterocycles. The van der Waals surface area contributed by atoms with E-state index < -0.39 is 5.41 Å². The maximum absolute atomic E-state index is 14.9. The number of nitrogens with one attached hydrogen (secondary N) is 1. The van der Waals surface area contributed by atoms with Crippen molar-refractivity contribution in [2.24, 2.45) is 73.9 Å². The van der Waals surface area contributed by atoms with Gasteiger partial charge in [0.05, 0.1) is 23.9 Å². The van der Waals surface area contributed by atoms with Crippen molar-refractivity contribution in [2.45, 2.75) is 184 Å². The Morgan fingerprint density at radius 1 is 0.789 bits per heavy atom. The standard InChI is InChI=1S/C50H82N2O5/c1-13-14-29-56-41(53)35-30-36(45(35,6)7)42(54)57-39-21-22-47(10)37(46(39,8)9)20-23-49(12)38(47)18-17-34-40-33(32(2)3)19-24-50(40,26-25-48(34,49)11)43(55)51-44(4,5)31-52-27-15-16-28-52/h33-40H,2,13-31H2,1,3-12H3,(H,51,55)/t33-,34+,35-,36+,37-,38+,39-,40+,47-,48+,49+,50-/m0/s1. The number of hydrogen-bond donors (Lipinski definition) is 1. The fraction of sp³-hybridized carbons (Fsp3) is 0.900. The third-order valence-corrected chi connectivity index (χ3v) is 19.6. The smallest absolute Gasteiger partial charge is 0.309 e. The van der Waals surface area contributed by atoms with Crippen molar-refractivity contribution >= 4 is 17.8 Å². The molecule has 0 aromatic heterocycles. The first-order valence-corrected chi connectivity index (χ1v) is 23.7. The predicted octanol–water partition coefficient (Wildman–Crippen LogP) is 10.6. The lowest BCUT2D eigenvalue weighted by atomic mass is 9.32. The molecule has 0 radical (unpaired) electrons. The topological polar surface area (TPSA) is 84.9 Å². The molecular formula is C50H82N2O5. The molecule has 0 spiro atoms. The van der Waals surface area contributed by atoms with Crippen LogP contribution in [-0.4, -0.2) is 60.6 Å². The van der Waals surface area contributed by atoms with Gasteiger partial charge in [-0.1, -0.05) is 74.0 Å². The van der Waals surface area contributed by atoms with E-state index in [0.29, 0.717) is 48.5 Å². The first-order valence-electron chi connectivity index (χ1n) is 23.7. The van der Waals surface area contributed by atoms with E-state index in [9.17, 15) is 14.4 Å². The van der Waals surface area contributed by atoms with Crippen LogP contribution in [0.25, 0.3) is 0 Å². The van der Waals surface area contributed by atoms with E-state index in [0.717, 1.165) is 77.4 Å². The molecule has 0 bridgehead atoms. The van der Waals surface area contributed by atoms with Crippen LogP contribution in [-0.2, 0) is 23.9 Å². The van der Waals surface area contributed by atoms with Gasteiger partial charge in [0.25, 0.3) is 0 Å². The predicted molar refractivity (Wildman–Crippen MR) is 228 cm³/mol. The second kappa shape index (κ2) is 14.9. The van der Waals surface area contributed by atoms with Crippen LogP contribution in [0.15, 0.2) is 12.2 Å². The highest BCUT2D eigenvalue weighted by Gasteiger charge is 2.72. The summed E-state index contributed by atoms with van der Waals surface area (Å²) < 4.78 is 12.1. The molecule has 1 aliphatic heterocycles. The minimum Gasteiger partial charge on any atom is -0.465 e. The number of hydrogen-bond acceptors (Lipinski definition) is 6. The average Bonchev–Trinajstić information content (AvgIpc) is 3.78. The van der Waals surface area contributed by atoms with Gasteiger partial charge in [-0.2, -0.15) is 0 Å². The summed E-state index contributed by atoms with van der Waals surface area (Å²) >= 11 is 0. The SMILES string of the molecule is C=C(C)[C@@H]1CC[C@]2(C(=O)NC(C)(C)CN3CCCC3)CC[C@]3(C)[C@H](CC[C@@H]4[C@@]5(C)CC[C@H](OC(=O)[C@H]6C[C@@H](C(=O)OCCCC)C6(C)C)C(C)(C)[C@@H]5CC[C@]43C)[C@@H]12. The summed E-state index contributed by atoms with van der Waals surface area (Å²) in [5, 5.41) is 3.69. The summed E-state index contributed by atoms with van der Waals surface area (Å²) in [7, 11) is 0. The molecule has 7 rings (SSSR count). The molecule has 1 N–H and O–H groups in total. The minimum absolute atomic E-state index is 0.120. The van der Waals surface area contributed by atoms with E-state index in [1.165, 1.54) is 37.7 Å². The Labute approximate surface area is 347 Å². The summed E-state index contributed by atoms with van der Waals surface area (Å²) in [6.45, 7) is 33.9. The highest BCUT2D eigenvalue weighted by atomic mass is 16.5. The van der Waals surface area contributed by atoms with E-state index in [4.69, 9.17) is 9.47 Å². The van der Waals surface area contributed by atoms with E-state index in [1.807, 2.05) is 13.8 Å². The van der Waals surface area contributed by atoms with Gasteiger partial charge in [-0.25, -0.2) is 0 Å². The van der Waals surface area contributed by atoms with Gasteiger partial charge in [0.2, 0.25) is 5.91 Å². The van der Waals surface area contributed by atoms with Crippen LogP contribution in [0.4, 0.5) is 0 Å². The number of carbonyl (C=O) groups is 3. The number of ether oxygens (including phenoxy) is 2. The molecule has 6 saturated carbocycles. The van der Waals surface area contributed by atoms with Crippen LogP contribution in [0, 0.1) is 73.9 Å². The monoisotopic (exact) mass is 791 g/mol. The maximum atomic E-state index is 14.9. The van der Waals surface area contributed by atoms with Crippen molar-refractivity contribution in [3.8, 4) is 0 Å². The lowest BCUT2D eigenvalue weighted by Crippen LogP contribution is -2.68. The molecule has 0 aromatic rings. The molecule has 322 valence electrons. The molecule has 7 aliphatic rings. The Balaban J connectivity index is 1.07. The molecule has 6 aliphatic carbocycles. The van der Waals surface area contributed by atoms with Gasteiger partial charge in [-0.15, -0.1) is 0 Å². The van der Waals surface area contributed by atoms with Crippen molar-refractivity contribution in [1.29, 1.82) is 0 Å². The summed E-state index contributed by atoms with van der Waals surface area (Å²) in [6, 6.07) is 0. The molecule has 1 amide bonds. The van der Waals surface area contributed by atoms with Crippen molar-refractivity contribution in [2.75, 3.05) is 26.2 Å². The zero-order valence-corrected chi connectivity index (χ0v) is 38.2. The molecule has 7 fully saturated rings. The molecule has 0 aromatic carbocycles. The quantitative estimate of drug-likeness (QED) is 0.127. The summed E-state index contributed by atoms with van der Waals surface area (Å²) in [5.74, 6) is 1.84. The van der Waals surface area contributed by atoms with Crippen LogP contribution in [0.3, 0.4) is 0 Å². The average molecular weight is 791 g/mol. The van der Waals surface area contributed by atoms with Crippen LogP contribution in [0.5, 0.6) is 0 Å². The minimum atomic E-state index is -0.459. The van der Waals surface area contributed by atoms with Crippen molar-refractivity contribution in [3.63, 3.8) is 0 Å². The summed E-state index contributed by atoms with van der Waals surface area (Å²) in [4.78, 5) is 44.2. The highest BCUT2D eigenvalue weighted by molar-refractivity contribution is 5.84. The van der Waals surface area contributed by atoms with Gasteiger partial charge in [0.1, 0.15) is 6.10 Å². The number of rotatable bonds is 11. The van der Waals surface area contributed by atoms with E-state index in [-0.39, 0.29) is 62.5 Å². The van der Waals surface area contributed by atoms with Crippen LogP contribution in [0.1, 0.15) is 172 Å². The zero-order chi connectivity index (χ0) is 41.6. The summed E-state index contributed by atoms with van der Waals surface area (Å²) in [6.07, 6.45) is 15.7. The van der Waals surface area contributed by atoms with E-state index >= 15 is 0 Å². The molecule has 1 heterocycles. The first kappa shape index (κ1) is 43.2. The fourth-order valence-electron chi connectivity index (χ4n) is 16.1. The number of allylic oxidation sites excluding steroid dienone is 1. The Kier molecular flexibility index (Phi) is 11.3. The van der Waals surface area contributed by atoms with Gasteiger partial charge in [0, 0.05) is 17.5 Å². The van der Waals surface area contributed by atoms with Crippen LogP contribution in [0.2, 0.25) is 0 Å². The highest BCUT2D eigenvalue weighted by Crippen LogP contribution is 2.77. The van der Waals surface area contributed by atoms with E-state index in [2.05, 4.69) is 79.1 Å². The van der Waals surface area contributed by atoms with Crippen LogP contribution >= 0.6 is 0 Å². The second-order valence-electron chi connectivity index (χ2n) is 23.6. The second-order valence-corrected chi connectivity index (χ2v) is 23.6. The third kappa shape index (κ3) is 6.79. The number of nitrogens with zero attached hydrogens (tertiary/aromatic N) is 1. The van der Waals surface area contributed by atoms with Crippen molar-refractivity contribution in [1.82, 2.24) is 10.2 Å². The number of esters is 2. The van der Waals surface area contributed by atoms with Gasteiger partial charge >= 0.3 is 11.9 Å². The third-order valence-electron chi connectivity index (χ3n) is 19.6.